The summed E-state index contributed by atoms with van der Waals surface area (Å²) in [6.07, 6.45) is -0.107. The molecule has 1 aliphatic heterocycles. The Bertz CT molecular complexity index is 866. The molecule has 0 aliphatic carbocycles. The molecule has 0 spiro atoms. The molecule has 3 N–H and O–H groups in total. The molecule has 140 valence electrons. The minimum Gasteiger partial charge on any atom is -0.506 e. The fourth-order valence-corrected chi connectivity index (χ4v) is 3.11. The van der Waals surface area contributed by atoms with Crippen LogP contribution in [0.4, 0.5) is 5.69 Å². The summed E-state index contributed by atoms with van der Waals surface area (Å²) in [5.74, 6) is -2.15. The predicted octanol–water partition coefficient (Wildman–Crippen LogP) is 2.01. The SMILES string of the molecule is O=C(O)Cc1ccc(O)c(NC(=O)C2CC(=O)N(Cc3ccccc3)C2)c1. The third-order valence-corrected chi connectivity index (χ3v) is 4.48. The van der Waals surface area contributed by atoms with E-state index in [4.69, 9.17) is 5.11 Å². The summed E-state index contributed by atoms with van der Waals surface area (Å²) in [5, 5.41) is 21.4. The summed E-state index contributed by atoms with van der Waals surface area (Å²) >= 11 is 0. The number of phenolic OH excluding ortho intramolecular Hbond substituents is 1. The molecule has 3 rings (SSSR count). The van der Waals surface area contributed by atoms with Crippen molar-refractivity contribution in [2.45, 2.75) is 19.4 Å². The molecule has 0 aromatic heterocycles. The number of carbonyl (C=O) groups is 3. The zero-order valence-corrected chi connectivity index (χ0v) is 14.6. The van der Waals surface area contributed by atoms with Gasteiger partial charge in [-0.2, -0.15) is 0 Å². The largest absolute Gasteiger partial charge is 0.506 e. The smallest absolute Gasteiger partial charge is 0.307 e. The van der Waals surface area contributed by atoms with Crippen molar-refractivity contribution >= 4 is 23.5 Å². The van der Waals surface area contributed by atoms with Crippen molar-refractivity contribution in [2.24, 2.45) is 5.92 Å². The Morgan fingerprint density at radius 2 is 1.85 bits per heavy atom. The van der Waals surface area contributed by atoms with Crippen LogP contribution in [0.15, 0.2) is 48.5 Å². The highest BCUT2D eigenvalue weighted by Crippen LogP contribution is 2.27. The predicted molar refractivity (Wildman–Crippen MR) is 98.0 cm³/mol. The summed E-state index contributed by atoms with van der Waals surface area (Å²) in [6, 6.07) is 13.8. The van der Waals surface area contributed by atoms with Crippen LogP contribution in [0.25, 0.3) is 0 Å². The van der Waals surface area contributed by atoms with E-state index < -0.39 is 11.9 Å². The Kier molecular flexibility index (Phi) is 5.40. The normalized spacial score (nSPS) is 16.4. The molecular weight excluding hydrogens is 348 g/mol. The van der Waals surface area contributed by atoms with Crippen LogP contribution in [0.5, 0.6) is 5.75 Å². The van der Waals surface area contributed by atoms with Crippen molar-refractivity contribution in [3.8, 4) is 5.75 Å². The number of carbonyl (C=O) groups excluding carboxylic acids is 2. The lowest BCUT2D eigenvalue weighted by molar-refractivity contribution is -0.136. The lowest BCUT2D eigenvalue weighted by Gasteiger charge is -2.17. The summed E-state index contributed by atoms with van der Waals surface area (Å²) in [5.41, 5.74) is 1.60. The molecule has 0 radical (unpaired) electrons. The Morgan fingerprint density at radius 3 is 2.56 bits per heavy atom. The maximum atomic E-state index is 12.5. The number of hydrogen-bond acceptors (Lipinski definition) is 4. The van der Waals surface area contributed by atoms with E-state index in [1.807, 2.05) is 30.3 Å². The first-order chi connectivity index (χ1) is 12.9. The number of anilines is 1. The van der Waals surface area contributed by atoms with E-state index in [1.165, 1.54) is 18.2 Å². The number of benzene rings is 2. The van der Waals surface area contributed by atoms with Crippen molar-refractivity contribution < 1.29 is 24.6 Å². The number of nitrogens with one attached hydrogen (secondary N) is 1. The van der Waals surface area contributed by atoms with Gasteiger partial charge in [-0.25, -0.2) is 0 Å². The maximum Gasteiger partial charge on any atom is 0.307 e. The fourth-order valence-electron chi connectivity index (χ4n) is 3.11. The van der Waals surface area contributed by atoms with Crippen LogP contribution in [0.2, 0.25) is 0 Å². The number of phenols is 1. The monoisotopic (exact) mass is 368 g/mol. The highest BCUT2D eigenvalue weighted by Gasteiger charge is 2.34. The number of rotatable bonds is 6. The van der Waals surface area contributed by atoms with Gasteiger partial charge in [0.1, 0.15) is 5.75 Å². The Morgan fingerprint density at radius 1 is 1.11 bits per heavy atom. The van der Waals surface area contributed by atoms with Crippen LogP contribution in [-0.2, 0) is 27.3 Å². The first kappa shape index (κ1) is 18.4. The van der Waals surface area contributed by atoms with Gasteiger partial charge in [-0.05, 0) is 23.3 Å². The molecule has 7 heteroatoms. The number of aromatic hydroxyl groups is 1. The molecular formula is C20H20N2O5. The number of amides is 2. The van der Waals surface area contributed by atoms with Crippen LogP contribution in [0.1, 0.15) is 17.5 Å². The van der Waals surface area contributed by atoms with E-state index in [1.54, 1.807) is 4.90 Å². The van der Waals surface area contributed by atoms with Crippen LogP contribution in [0.3, 0.4) is 0 Å². The van der Waals surface area contributed by atoms with Gasteiger partial charge in [0, 0.05) is 19.5 Å². The van der Waals surface area contributed by atoms with Gasteiger partial charge in [0.05, 0.1) is 18.0 Å². The summed E-state index contributed by atoms with van der Waals surface area (Å²) in [6.45, 7) is 0.748. The number of aliphatic carboxylic acids is 1. The molecule has 2 aromatic carbocycles. The molecule has 2 aromatic rings. The Hall–Kier alpha value is -3.35. The molecule has 27 heavy (non-hydrogen) atoms. The first-order valence-electron chi connectivity index (χ1n) is 8.58. The van der Waals surface area contributed by atoms with Gasteiger partial charge in [0.2, 0.25) is 11.8 Å². The van der Waals surface area contributed by atoms with Crippen molar-refractivity contribution in [3.63, 3.8) is 0 Å². The molecule has 1 unspecified atom stereocenters. The number of carboxylic acids is 1. The molecule has 7 nitrogen and oxygen atoms in total. The highest BCUT2D eigenvalue weighted by atomic mass is 16.4. The van der Waals surface area contributed by atoms with E-state index in [2.05, 4.69) is 5.32 Å². The second-order valence-electron chi connectivity index (χ2n) is 6.57. The number of hydrogen-bond donors (Lipinski definition) is 3. The van der Waals surface area contributed by atoms with E-state index >= 15 is 0 Å². The van der Waals surface area contributed by atoms with Gasteiger partial charge < -0.3 is 20.4 Å². The van der Waals surface area contributed by atoms with Gasteiger partial charge in [0.15, 0.2) is 0 Å². The van der Waals surface area contributed by atoms with Crippen molar-refractivity contribution in [2.75, 3.05) is 11.9 Å². The van der Waals surface area contributed by atoms with E-state index in [0.29, 0.717) is 18.7 Å². The van der Waals surface area contributed by atoms with Crippen LogP contribution in [-0.4, -0.2) is 39.4 Å². The lowest BCUT2D eigenvalue weighted by atomic mass is 10.1. The fraction of sp³-hybridized carbons (Fsp3) is 0.250. The summed E-state index contributed by atoms with van der Waals surface area (Å²) in [7, 11) is 0. The van der Waals surface area contributed by atoms with Crippen molar-refractivity contribution in [1.82, 2.24) is 4.90 Å². The van der Waals surface area contributed by atoms with Crippen LogP contribution >= 0.6 is 0 Å². The topological polar surface area (TPSA) is 107 Å². The quantitative estimate of drug-likeness (QED) is 0.676. The minimum absolute atomic E-state index is 0.0946. The molecule has 1 saturated heterocycles. The summed E-state index contributed by atoms with van der Waals surface area (Å²) < 4.78 is 0. The number of nitrogens with zero attached hydrogens (tertiary/aromatic N) is 1. The molecule has 1 fully saturated rings. The zero-order valence-electron chi connectivity index (χ0n) is 14.6. The van der Waals surface area contributed by atoms with E-state index in [0.717, 1.165) is 5.56 Å². The zero-order chi connectivity index (χ0) is 19.4. The average Bonchev–Trinajstić information content (AvgIpc) is 2.99. The molecule has 2 amide bonds. The highest BCUT2D eigenvalue weighted by molar-refractivity contribution is 5.98. The standard InChI is InChI=1S/C20H20N2O5/c23-17-7-6-14(9-19(25)26)8-16(17)21-20(27)15-10-18(24)22(12-15)11-13-4-2-1-3-5-13/h1-8,15,23H,9-12H2,(H,21,27)(H,25,26). The van der Waals surface area contributed by atoms with Gasteiger partial charge in [-0.1, -0.05) is 36.4 Å². The third kappa shape index (κ3) is 4.63. The van der Waals surface area contributed by atoms with E-state index in [-0.39, 0.29) is 36.1 Å². The van der Waals surface area contributed by atoms with Gasteiger partial charge in [-0.15, -0.1) is 0 Å². The average molecular weight is 368 g/mol. The maximum absolute atomic E-state index is 12.5. The third-order valence-electron chi connectivity index (χ3n) is 4.48. The molecule has 1 atom stereocenters. The number of likely N-dealkylation sites (tertiary alicyclic amines) is 1. The Balaban J connectivity index is 1.65. The number of carboxylic acid groups (broad SMARTS) is 1. The molecule has 1 heterocycles. The molecule has 0 saturated carbocycles. The van der Waals surface area contributed by atoms with Crippen molar-refractivity contribution in [1.29, 1.82) is 0 Å². The van der Waals surface area contributed by atoms with Gasteiger partial charge in [-0.3, -0.25) is 14.4 Å². The minimum atomic E-state index is -1.00. The van der Waals surface area contributed by atoms with Gasteiger partial charge >= 0.3 is 5.97 Å². The van der Waals surface area contributed by atoms with Crippen molar-refractivity contribution in [3.05, 3.63) is 59.7 Å². The first-order valence-corrected chi connectivity index (χ1v) is 8.58. The van der Waals surface area contributed by atoms with E-state index in [9.17, 15) is 19.5 Å². The Labute approximate surface area is 156 Å². The van der Waals surface area contributed by atoms with Crippen LogP contribution in [0, 0.1) is 5.92 Å². The second-order valence-corrected chi connectivity index (χ2v) is 6.57. The second kappa shape index (κ2) is 7.90. The molecule has 0 bridgehead atoms. The van der Waals surface area contributed by atoms with Gasteiger partial charge in [0.25, 0.3) is 0 Å². The summed E-state index contributed by atoms with van der Waals surface area (Å²) in [4.78, 5) is 37.2. The molecule has 1 aliphatic rings. The van der Waals surface area contributed by atoms with Crippen LogP contribution < -0.4 is 5.32 Å². The lowest BCUT2D eigenvalue weighted by Crippen LogP contribution is -2.28.